The van der Waals surface area contributed by atoms with Crippen LogP contribution in [0.3, 0.4) is 0 Å². The van der Waals surface area contributed by atoms with E-state index in [9.17, 15) is 4.39 Å². The molecule has 15 heavy (non-hydrogen) atoms. The molecule has 1 rings (SSSR count). The third-order valence-corrected chi connectivity index (χ3v) is 2.17. The summed E-state index contributed by atoms with van der Waals surface area (Å²) in [5.74, 6) is 2.46. The van der Waals surface area contributed by atoms with E-state index in [4.69, 9.17) is 6.42 Å². The maximum absolute atomic E-state index is 12.9. The number of benzene rings is 1. The van der Waals surface area contributed by atoms with Gasteiger partial charge in [0.25, 0.3) is 0 Å². The lowest BCUT2D eigenvalue weighted by atomic mass is 10.1. The molecule has 80 valence electrons. The van der Waals surface area contributed by atoms with Crippen LogP contribution in [0.15, 0.2) is 24.3 Å². The van der Waals surface area contributed by atoms with Crippen LogP contribution in [0.4, 0.5) is 4.39 Å². The summed E-state index contributed by atoms with van der Waals surface area (Å²) >= 11 is 0. The Balaban J connectivity index is 2.55. The number of nitrogens with one attached hydrogen (secondary N) is 1. The Labute approximate surface area is 90.7 Å². The Bertz CT molecular complexity index is 341. The van der Waals surface area contributed by atoms with Crippen molar-refractivity contribution in [2.45, 2.75) is 25.8 Å². The Morgan fingerprint density at radius 3 is 2.93 bits per heavy atom. The van der Waals surface area contributed by atoms with E-state index in [1.807, 2.05) is 6.07 Å². The number of hydrogen-bond acceptors (Lipinski definition) is 1. The zero-order valence-corrected chi connectivity index (χ0v) is 8.96. The third-order valence-electron chi connectivity index (χ3n) is 2.17. The van der Waals surface area contributed by atoms with Gasteiger partial charge in [0.2, 0.25) is 0 Å². The van der Waals surface area contributed by atoms with Crippen LogP contribution in [-0.2, 0) is 6.42 Å². The predicted molar refractivity (Wildman–Crippen MR) is 61.0 cm³/mol. The van der Waals surface area contributed by atoms with Crippen molar-refractivity contribution in [3.63, 3.8) is 0 Å². The van der Waals surface area contributed by atoms with E-state index in [1.165, 1.54) is 12.1 Å². The van der Waals surface area contributed by atoms with Crippen molar-refractivity contribution >= 4 is 0 Å². The minimum Gasteiger partial charge on any atom is -0.303 e. The SMILES string of the molecule is C#CC(Cc1cccc(F)c1)NCCC. The van der Waals surface area contributed by atoms with Gasteiger partial charge in [-0.2, -0.15) is 0 Å². The molecule has 1 aromatic carbocycles. The third kappa shape index (κ3) is 4.14. The molecular weight excluding hydrogens is 189 g/mol. The summed E-state index contributed by atoms with van der Waals surface area (Å²) in [4.78, 5) is 0. The van der Waals surface area contributed by atoms with E-state index in [-0.39, 0.29) is 11.9 Å². The zero-order valence-electron chi connectivity index (χ0n) is 8.96. The smallest absolute Gasteiger partial charge is 0.123 e. The fourth-order valence-corrected chi connectivity index (χ4v) is 1.41. The number of halogens is 1. The van der Waals surface area contributed by atoms with Crippen LogP contribution < -0.4 is 5.32 Å². The van der Waals surface area contributed by atoms with Gasteiger partial charge >= 0.3 is 0 Å². The summed E-state index contributed by atoms with van der Waals surface area (Å²) in [5, 5.41) is 3.23. The first kappa shape index (κ1) is 11.7. The first-order chi connectivity index (χ1) is 7.26. The standard InChI is InChI=1S/C13H16FN/c1-3-8-15-13(4-2)10-11-6-5-7-12(14)9-11/h2,5-7,9,13,15H,3,8,10H2,1H3. The van der Waals surface area contributed by atoms with Gasteiger partial charge in [0, 0.05) is 0 Å². The van der Waals surface area contributed by atoms with Crippen LogP contribution in [0.1, 0.15) is 18.9 Å². The van der Waals surface area contributed by atoms with E-state index in [0.29, 0.717) is 6.42 Å². The zero-order chi connectivity index (χ0) is 11.1. The average molecular weight is 205 g/mol. The van der Waals surface area contributed by atoms with E-state index >= 15 is 0 Å². The summed E-state index contributed by atoms with van der Waals surface area (Å²) in [6.07, 6.45) is 7.11. The minimum absolute atomic E-state index is 0.00764. The molecule has 0 aliphatic heterocycles. The maximum Gasteiger partial charge on any atom is 0.123 e. The van der Waals surface area contributed by atoms with Gasteiger partial charge in [0.15, 0.2) is 0 Å². The van der Waals surface area contributed by atoms with E-state index in [2.05, 4.69) is 18.2 Å². The Hall–Kier alpha value is -1.33. The minimum atomic E-state index is -0.209. The fraction of sp³-hybridized carbons (Fsp3) is 0.385. The van der Waals surface area contributed by atoms with Gasteiger partial charge in [-0.05, 0) is 37.1 Å². The van der Waals surface area contributed by atoms with Crippen molar-refractivity contribution in [1.29, 1.82) is 0 Å². The molecule has 1 aromatic rings. The van der Waals surface area contributed by atoms with Gasteiger partial charge in [-0.25, -0.2) is 4.39 Å². The van der Waals surface area contributed by atoms with E-state index in [0.717, 1.165) is 18.5 Å². The number of hydrogen-bond donors (Lipinski definition) is 1. The van der Waals surface area contributed by atoms with Crippen LogP contribution in [0, 0.1) is 18.2 Å². The lowest BCUT2D eigenvalue weighted by Crippen LogP contribution is -2.30. The second-order valence-electron chi connectivity index (χ2n) is 3.51. The van der Waals surface area contributed by atoms with Gasteiger partial charge in [-0.3, -0.25) is 0 Å². The molecule has 0 aromatic heterocycles. The van der Waals surface area contributed by atoms with Gasteiger partial charge < -0.3 is 5.32 Å². The van der Waals surface area contributed by atoms with Gasteiger partial charge in [-0.1, -0.05) is 25.0 Å². The molecule has 0 aliphatic carbocycles. The lowest BCUT2D eigenvalue weighted by molar-refractivity contribution is 0.591. The summed E-state index contributed by atoms with van der Waals surface area (Å²) in [6, 6.07) is 6.55. The quantitative estimate of drug-likeness (QED) is 0.728. The second kappa shape index (κ2) is 6.21. The molecular formula is C13H16FN. The van der Waals surface area contributed by atoms with Crippen LogP contribution in [0.25, 0.3) is 0 Å². The molecule has 0 saturated carbocycles. The van der Waals surface area contributed by atoms with Crippen LogP contribution >= 0.6 is 0 Å². The van der Waals surface area contributed by atoms with Gasteiger partial charge in [0.05, 0.1) is 6.04 Å². The number of rotatable bonds is 5. The molecule has 0 amide bonds. The molecule has 2 heteroatoms. The Kier molecular flexibility index (Phi) is 4.86. The Morgan fingerprint density at radius 2 is 2.33 bits per heavy atom. The van der Waals surface area contributed by atoms with Crippen molar-refractivity contribution in [3.8, 4) is 12.3 Å². The van der Waals surface area contributed by atoms with Crippen LogP contribution in [0.5, 0.6) is 0 Å². The lowest BCUT2D eigenvalue weighted by Gasteiger charge is -2.12. The number of terminal acetylenes is 1. The van der Waals surface area contributed by atoms with Crippen molar-refractivity contribution in [3.05, 3.63) is 35.6 Å². The van der Waals surface area contributed by atoms with Crippen LogP contribution in [0.2, 0.25) is 0 Å². The van der Waals surface area contributed by atoms with Gasteiger partial charge in [0.1, 0.15) is 5.82 Å². The fourth-order valence-electron chi connectivity index (χ4n) is 1.41. The molecule has 1 nitrogen and oxygen atoms in total. The predicted octanol–water partition coefficient (Wildman–Crippen LogP) is 2.37. The molecule has 1 N–H and O–H groups in total. The molecule has 0 bridgehead atoms. The highest BCUT2D eigenvalue weighted by molar-refractivity contribution is 5.19. The molecule has 1 unspecified atom stereocenters. The summed E-state index contributed by atoms with van der Waals surface area (Å²) < 4.78 is 12.9. The second-order valence-corrected chi connectivity index (χ2v) is 3.51. The first-order valence-electron chi connectivity index (χ1n) is 5.20. The van der Waals surface area contributed by atoms with Gasteiger partial charge in [-0.15, -0.1) is 6.42 Å². The molecule has 0 radical (unpaired) electrons. The largest absolute Gasteiger partial charge is 0.303 e. The first-order valence-corrected chi connectivity index (χ1v) is 5.20. The summed E-state index contributed by atoms with van der Waals surface area (Å²) in [5.41, 5.74) is 0.932. The highest BCUT2D eigenvalue weighted by Gasteiger charge is 2.05. The van der Waals surface area contributed by atoms with Crippen molar-refractivity contribution < 1.29 is 4.39 Å². The van der Waals surface area contributed by atoms with Crippen molar-refractivity contribution in [1.82, 2.24) is 5.32 Å². The molecule has 0 saturated heterocycles. The molecule has 1 atom stereocenters. The normalized spacial score (nSPS) is 12.1. The van der Waals surface area contributed by atoms with Crippen molar-refractivity contribution in [2.24, 2.45) is 0 Å². The topological polar surface area (TPSA) is 12.0 Å². The molecule has 0 spiro atoms. The maximum atomic E-state index is 12.9. The van der Waals surface area contributed by atoms with E-state index in [1.54, 1.807) is 6.07 Å². The Morgan fingerprint density at radius 1 is 1.53 bits per heavy atom. The molecule has 0 fully saturated rings. The average Bonchev–Trinajstić information content (AvgIpc) is 2.24. The summed E-state index contributed by atoms with van der Waals surface area (Å²) in [7, 11) is 0. The summed E-state index contributed by atoms with van der Waals surface area (Å²) in [6.45, 7) is 2.98. The highest BCUT2D eigenvalue weighted by Crippen LogP contribution is 2.06. The van der Waals surface area contributed by atoms with E-state index < -0.39 is 0 Å². The monoisotopic (exact) mass is 205 g/mol. The van der Waals surface area contributed by atoms with Crippen molar-refractivity contribution in [2.75, 3.05) is 6.54 Å². The molecule has 0 heterocycles. The highest BCUT2D eigenvalue weighted by atomic mass is 19.1. The molecule has 0 aliphatic rings. The van der Waals surface area contributed by atoms with Crippen LogP contribution in [-0.4, -0.2) is 12.6 Å².